The van der Waals surface area contributed by atoms with Gasteiger partial charge in [-0.05, 0) is 42.5 Å². The molecule has 0 radical (unpaired) electrons. The second kappa shape index (κ2) is 3.77. The van der Waals surface area contributed by atoms with Crippen molar-refractivity contribution in [1.82, 2.24) is 5.32 Å². The monoisotopic (exact) mass is 216 g/mol. The standard InChI is InChI=1S/C14H20N2/c1-10-7-13(15-9-10)11-3-4-14-12(8-11)5-6-16(14)2/h3-4,8,10,13,15H,5-7,9H2,1-2H3/t10-,13-/m0/s1. The Balaban J connectivity index is 1.87. The summed E-state index contributed by atoms with van der Waals surface area (Å²) in [5.74, 6) is 0.820. The molecule has 1 saturated heterocycles. The summed E-state index contributed by atoms with van der Waals surface area (Å²) >= 11 is 0. The smallest absolute Gasteiger partial charge is 0.0397 e. The van der Waals surface area contributed by atoms with Gasteiger partial charge in [0.25, 0.3) is 0 Å². The van der Waals surface area contributed by atoms with Crippen LogP contribution in [0, 0.1) is 5.92 Å². The third-order valence-electron chi connectivity index (χ3n) is 3.98. The minimum Gasteiger partial charge on any atom is -0.374 e. The molecule has 2 heteroatoms. The van der Waals surface area contributed by atoms with Gasteiger partial charge in [-0.1, -0.05) is 19.1 Å². The normalized spacial score (nSPS) is 28.5. The summed E-state index contributed by atoms with van der Waals surface area (Å²) in [5, 5.41) is 3.61. The third-order valence-corrected chi connectivity index (χ3v) is 3.98. The van der Waals surface area contributed by atoms with Crippen LogP contribution in [0.1, 0.15) is 30.5 Å². The molecule has 0 saturated carbocycles. The van der Waals surface area contributed by atoms with Gasteiger partial charge in [-0.3, -0.25) is 0 Å². The second-order valence-corrected chi connectivity index (χ2v) is 5.36. The highest BCUT2D eigenvalue weighted by molar-refractivity contribution is 5.58. The number of nitrogens with one attached hydrogen (secondary N) is 1. The first kappa shape index (κ1) is 10.2. The van der Waals surface area contributed by atoms with Crippen molar-refractivity contribution in [3.63, 3.8) is 0 Å². The fraction of sp³-hybridized carbons (Fsp3) is 0.571. The van der Waals surface area contributed by atoms with E-state index in [0.29, 0.717) is 6.04 Å². The van der Waals surface area contributed by atoms with Crippen LogP contribution in [-0.2, 0) is 6.42 Å². The number of nitrogens with zero attached hydrogens (tertiary/aromatic N) is 1. The molecule has 2 aliphatic heterocycles. The van der Waals surface area contributed by atoms with Crippen LogP contribution in [0.15, 0.2) is 18.2 Å². The molecule has 1 aromatic carbocycles. The Bertz CT molecular complexity index is 400. The fourth-order valence-corrected chi connectivity index (χ4v) is 2.97. The van der Waals surface area contributed by atoms with Crippen molar-refractivity contribution in [1.29, 1.82) is 0 Å². The van der Waals surface area contributed by atoms with Crippen LogP contribution in [0.25, 0.3) is 0 Å². The highest BCUT2D eigenvalue weighted by Crippen LogP contribution is 2.32. The summed E-state index contributed by atoms with van der Waals surface area (Å²) < 4.78 is 0. The number of likely N-dealkylation sites (N-methyl/N-ethyl adjacent to an activating group) is 1. The molecule has 0 bridgehead atoms. The summed E-state index contributed by atoms with van der Waals surface area (Å²) in [6.07, 6.45) is 2.50. The molecule has 0 spiro atoms. The zero-order valence-corrected chi connectivity index (χ0v) is 10.2. The van der Waals surface area contributed by atoms with Gasteiger partial charge in [-0.25, -0.2) is 0 Å². The van der Waals surface area contributed by atoms with Gasteiger partial charge in [0.15, 0.2) is 0 Å². The first-order chi connectivity index (χ1) is 7.74. The van der Waals surface area contributed by atoms with Crippen LogP contribution in [0.5, 0.6) is 0 Å². The van der Waals surface area contributed by atoms with Gasteiger partial charge >= 0.3 is 0 Å². The summed E-state index contributed by atoms with van der Waals surface area (Å²) in [7, 11) is 2.18. The molecule has 0 aliphatic carbocycles. The zero-order chi connectivity index (χ0) is 11.1. The largest absolute Gasteiger partial charge is 0.374 e. The lowest BCUT2D eigenvalue weighted by molar-refractivity contribution is 0.611. The molecule has 1 N–H and O–H groups in total. The first-order valence-electron chi connectivity index (χ1n) is 6.31. The topological polar surface area (TPSA) is 15.3 Å². The Labute approximate surface area is 97.6 Å². The number of rotatable bonds is 1. The molecule has 86 valence electrons. The zero-order valence-electron chi connectivity index (χ0n) is 10.2. The van der Waals surface area contributed by atoms with Crippen LogP contribution in [0.4, 0.5) is 5.69 Å². The number of hydrogen-bond acceptors (Lipinski definition) is 2. The Hall–Kier alpha value is -1.02. The van der Waals surface area contributed by atoms with Gasteiger partial charge in [0.1, 0.15) is 0 Å². The molecule has 16 heavy (non-hydrogen) atoms. The van der Waals surface area contributed by atoms with Crippen molar-refractivity contribution < 1.29 is 0 Å². The van der Waals surface area contributed by atoms with E-state index in [1.165, 1.54) is 42.7 Å². The Morgan fingerprint density at radius 2 is 2.25 bits per heavy atom. The Morgan fingerprint density at radius 3 is 3.00 bits per heavy atom. The lowest BCUT2D eigenvalue weighted by Crippen LogP contribution is -2.14. The first-order valence-corrected chi connectivity index (χ1v) is 6.31. The molecular weight excluding hydrogens is 196 g/mol. The Kier molecular flexibility index (Phi) is 2.40. The van der Waals surface area contributed by atoms with Gasteiger partial charge in [-0.15, -0.1) is 0 Å². The van der Waals surface area contributed by atoms with E-state index in [4.69, 9.17) is 0 Å². The maximum absolute atomic E-state index is 3.61. The average molecular weight is 216 g/mol. The summed E-state index contributed by atoms with van der Waals surface area (Å²) in [5.41, 5.74) is 4.44. The summed E-state index contributed by atoms with van der Waals surface area (Å²) in [6.45, 7) is 4.67. The predicted octanol–water partition coefficient (Wildman–Crippen LogP) is 2.35. The van der Waals surface area contributed by atoms with Crippen LogP contribution in [-0.4, -0.2) is 20.1 Å². The number of anilines is 1. The molecule has 1 fully saturated rings. The lowest BCUT2D eigenvalue weighted by atomic mass is 9.98. The molecule has 1 aromatic rings. The lowest BCUT2D eigenvalue weighted by Gasteiger charge is -2.15. The average Bonchev–Trinajstić information content (AvgIpc) is 2.86. The third kappa shape index (κ3) is 1.61. The quantitative estimate of drug-likeness (QED) is 0.775. The van der Waals surface area contributed by atoms with E-state index >= 15 is 0 Å². The van der Waals surface area contributed by atoms with Crippen molar-refractivity contribution in [3.05, 3.63) is 29.3 Å². The van der Waals surface area contributed by atoms with E-state index in [-0.39, 0.29) is 0 Å². The van der Waals surface area contributed by atoms with Crippen LogP contribution >= 0.6 is 0 Å². The highest BCUT2D eigenvalue weighted by Gasteiger charge is 2.24. The van der Waals surface area contributed by atoms with E-state index in [1.54, 1.807) is 0 Å². The van der Waals surface area contributed by atoms with Crippen LogP contribution in [0.2, 0.25) is 0 Å². The molecule has 0 unspecified atom stereocenters. The molecule has 3 rings (SSSR count). The summed E-state index contributed by atoms with van der Waals surface area (Å²) in [4.78, 5) is 2.35. The van der Waals surface area contributed by atoms with Crippen molar-refractivity contribution in [2.75, 3.05) is 25.0 Å². The van der Waals surface area contributed by atoms with Crippen molar-refractivity contribution in [2.24, 2.45) is 5.92 Å². The van der Waals surface area contributed by atoms with E-state index < -0.39 is 0 Å². The minimum absolute atomic E-state index is 0.589. The number of hydrogen-bond donors (Lipinski definition) is 1. The van der Waals surface area contributed by atoms with E-state index in [0.717, 1.165) is 5.92 Å². The number of benzene rings is 1. The van der Waals surface area contributed by atoms with Crippen molar-refractivity contribution >= 4 is 5.69 Å². The van der Waals surface area contributed by atoms with Gasteiger partial charge in [0, 0.05) is 25.3 Å². The SMILES string of the molecule is C[C@@H]1CN[C@H](c2ccc3c(c2)CCN3C)C1. The van der Waals surface area contributed by atoms with Crippen LogP contribution < -0.4 is 10.2 Å². The van der Waals surface area contributed by atoms with Crippen molar-refractivity contribution in [3.8, 4) is 0 Å². The fourth-order valence-electron chi connectivity index (χ4n) is 2.97. The van der Waals surface area contributed by atoms with Gasteiger partial charge in [-0.2, -0.15) is 0 Å². The van der Waals surface area contributed by atoms with E-state index in [9.17, 15) is 0 Å². The molecule has 0 amide bonds. The molecule has 2 heterocycles. The van der Waals surface area contributed by atoms with Crippen LogP contribution in [0.3, 0.4) is 0 Å². The molecule has 2 aliphatic rings. The molecular formula is C14H20N2. The Morgan fingerprint density at radius 1 is 1.38 bits per heavy atom. The van der Waals surface area contributed by atoms with Crippen molar-refractivity contribution in [2.45, 2.75) is 25.8 Å². The molecule has 0 aromatic heterocycles. The predicted molar refractivity (Wildman–Crippen MR) is 67.9 cm³/mol. The maximum atomic E-state index is 3.61. The maximum Gasteiger partial charge on any atom is 0.0397 e. The highest BCUT2D eigenvalue weighted by atomic mass is 15.1. The molecule has 2 nitrogen and oxygen atoms in total. The summed E-state index contributed by atoms with van der Waals surface area (Å²) in [6, 6.07) is 7.60. The number of fused-ring (bicyclic) bond motifs is 1. The van der Waals surface area contributed by atoms with Gasteiger partial charge < -0.3 is 10.2 Å². The van der Waals surface area contributed by atoms with Gasteiger partial charge in [0.05, 0.1) is 0 Å². The van der Waals surface area contributed by atoms with E-state index in [1.807, 2.05) is 0 Å². The van der Waals surface area contributed by atoms with E-state index in [2.05, 4.69) is 42.4 Å². The molecule has 2 atom stereocenters. The second-order valence-electron chi connectivity index (χ2n) is 5.36. The van der Waals surface area contributed by atoms with Gasteiger partial charge in [0.2, 0.25) is 0 Å². The minimum atomic E-state index is 0.589.